The summed E-state index contributed by atoms with van der Waals surface area (Å²) < 4.78 is 0. The Hall–Kier alpha value is -1.22. The number of carbonyl (C=O) groups excluding carboxylic acids is 1. The number of nitrogens with zero attached hydrogens (tertiary/aromatic N) is 1. The van der Waals surface area contributed by atoms with E-state index >= 15 is 0 Å². The molecule has 0 aliphatic heterocycles. The van der Waals surface area contributed by atoms with Crippen LogP contribution >= 0.6 is 11.6 Å². The van der Waals surface area contributed by atoms with Crippen LogP contribution < -0.4 is 0 Å². The Morgan fingerprint density at radius 2 is 2.11 bits per heavy atom. The molecule has 0 atom stereocenters. The Bertz CT molecular complexity index is 441. The van der Waals surface area contributed by atoms with Crippen LogP contribution in [0.25, 0.3) is 0 Å². The molecule has 1 saturated carbocycles. The molecule has 1 aliphatic rings. The van der Waals surface area contributed by atoms with Gasteiger partial charge in [0.25, 0.3) is 5.91 Å². The van der Waals surface area contributed by atoms with E-state index in [1.807, 2.05) is 7.05 Å². The summed E-state index contributed by atoms with van der Waals surface area (Å²) in [7, 11) is 1.82. The fourth-order valence-corrected chi connectivity index (χ4v) is 2.70. The lowest BCUT2D eigenvalue weighted by Gasteiger charge is -2.21. The quantitative estimate of drug-likeness (QED) is 0.913. The van der Waals surface area contributed by atoms with Gasteiger partial charge in [-0.25, -0.2) is 0 Å². The van der Waals surface area contributed by atoms with Crippen LogP contribution in [0.3, 0.4) is 0 Å². The molecule has 4 heteroatoms. The maximum atomic E-state index is 12.2. The molecule has 1 aromatic rings. The van der Waals surface area contributed by atoms with Crippen molar-refractivity contribution in [2.45, 2.75) is 25.7 Å². The van der Waals surface area contributed by atoms with E-state index in [9.17, 15) is 9.90 Å². The zero-order chi connectivity index (χ0) is 13.1. The third-order valence-electron chi connectivity index (χ3n) is 3.55. The number of phenolic OH excluding ortho intramolecular Hbond substituents is 1. The maximum Gasteiger partial charge on any atom is 0.253 e. The molecule has 3 nitrogen and oxygen atoms in total. The summed E-state index contributed by atoms with van der Waals surface area (Å²) in [5.41, 5.74) is 0.526. The van der Waals surface area contributed by atoms with Crippen molar-refractivity contribution < 1.29 is 9.90 Å². The van der Waals surface area contributed by atoms with E-state index in [1.165, 1.54) is 37.8 Å². The SMILES string of the molecule is CN(CC1CCCC1)C(=O)c1ccc(O)c(Cl)c1. The second-order valence-corrected chi connectivity index (χ2v) is 5.41. The van der Waals surface area contributed by atoms with Gasteiger partial charge in [0.05, 0.1) is 5.02 Å². The van der Waals surface area contributed by atoms with Crippen LogP contribution in [-0.2, 0) is 0 Å². The molecule has 0 saturated heterocycles. The summed E-state index contributed by atoms with van der Waals surface area (Å²) in [4.78, 5) is 13.9. The van der Waals surface area contributed by atoms with E-state index in [4.69, 9.17) is 11.6 Å². The molecule has 2 rings (SSSR count). The molecule has 18 heavy (non-hydrogen) atoms. The van der Waals surface area contributed by atoms with Gasteiger partial charge in [-0.05, 0) is 37.0 Å². The smallest absolute Gasteiger partial charge is 0.253 e. The van der Waals surface area contributed by atoms with Gasteiger partial charge in [-0.15, -0.1) is 0 Å². The van der Waals surface area contributed by atoms with Gasteiger partial charge in [-0.2, -0.15) is 0 Å². The molecule has 0 bridgehead atoms. The van der Waals surface area contributed by atoms with Crippen LogP contribution in [-0.4, -0.2) is 29.5 Å². The fraction of sp³-hybridized carbons (Fsp3) is 0.500. The van der Waals surface area contributed by atoms with E-state index < -0.39 is 0 Å². The molecule has 0 unspecified atom stereocenters. The normalized spacial score (nSPS) is 15.9. The molecule has 1 N–H and O–H groups in total. The van der Waals surface area contributed by atoms with Crippen LogP contribution in [0.2, 0.25) is 5.02 Å². The molecular formula is C14H18ClNO2. The molecule has 98 valence electrons. The van der Waals surface area contributed by atoms with Gasteiger partial charge in [-0.1, -0.05) is 24.4 Å². The number of hydrogen-bond acceptors (Lipinski definition) is 2. The van der Waals surface area contributed by atoms with Crippen molar-refractivity contribution in [1.29, 1.82) is 0 Å². The van der Waals surface area contributed by atoms with Crippen molar-refractivity contribution in [3.05, 3.63) is 28.8 Å². The number of phenols is 1. The van der Waals surface area contributed by atoms with E-state index in [-0.39, 0.29) is 16.7 Å². The van der Waals surface area contributed by atoms with Crippen LogP contribution in [0.1, 0.15) is 36.0 Å². The van der Waals surface area contributed by atoms with E-state index in [0.29, 0.717) is 11.5 Å². The minimum absolute atomic E-state index is 0.00617. The van der Waals surface area contributed by atoms with Crippen molar-refractivity contribution in [2.75, 3.05) is 13.6 Å². The van der Waals surface area contributed by atoms with Gasteiger partial charge >= 0.3 is 0 Å². The molecular weight excluding hydrogens is 250 g/mol. The number of rotatable bonds is 3. The van der Waals surface area contributed by atoms with Crippen molar-refractivity contribution in [3.8, 4) is 5.75 Å². The average molecular weight is 268 g/mol. The summed E-state index contributed by atoms with van der Waals surface area (Å²) in [6.45, 7) is 0.803. The second-order valence-electron chi connectivity index (χ2n) is 5.00. The molecule has 0 aromatic heterocycles. The highest BCUT2D eigenvalue weighted by molar-refractivity contribution is 6.32. The van der Waals surface area contributed by atoms with Crippen molar-refractivity contribution >= 4 is 17.5 Å². The third-order valence-corrected chi connectivity index (χ3v) is 3.85. The average Bonchev–Trinajstić information content (AvgIpc) is 2.84. The number of aromatic hydroxyl groups is 1. The summed E-state index contributed by atoms with van der Waals surface area (Å²) >= 11 is 5.81. The summed E-state index contributed by atoms with van der Waals surface area (Å²) in [5, 5.41) is 9.55. The zero-order valence-corrected chi connectivity index (χ0v) is 11.3. The molecule has 1 amide bonds. The Morgan fingerprint density at radius 3 is 2.72 bits per heavy atom. The monoisotopic (exact) mass is 267 g/mol. The predicted octanol–water partition coefficient (Wildman–Crippen LogP) is 3.31. The number of benzene rings is 1. The Labute approximate surface area is 112 Å². The first-order chi connectivity index (χ1) is 8.58. The lowest BCUT2D eigenvalue weighted by Crippen LogP contribution is -2.31. The largest absolute Gasteiger partial charge is 0.506 e. The minimum Gasteiger partial charge on any atom is -0.506 e. The summed E-state index contributed by atoms with van der Waals surface area (Å²) in [5.74, 6) is 0.599. The van der Waals surface area contributed by atoms with Crippen LogP contribution in [0.4, 0.5) is 0 Å². The predicted molar refractivity (Wildman–Crippen MR) is 72.0 cm³/mol. The zero-order valence-electron chi connectivity index (χ0n) is 10.5. The number of hydrogen-bond donors (Lipinski definition) is 1. The van der Waals surface area contributed by atoms with Crippen molar-refractivity contribution in [2.24, 2.45) is 5.92 Å². The number of amides is 1. The lowest BCUT2D eigenvalue weighted by molar-refractivity contribution is 0.0773. The fourth-order valence-electron chi connectivity index (χ4n) is 2.52. The van der Waals surface area contributed by atoms with E-state index in [2.05, 4.69) is 0 Å². The summed E-state index contributed by atoms with van der Waals surface area (Å²) in [6, 6.07) is 4.58. The minimum atomic E-state index is -0.0381. The van der Waals surface area contributed by atoms with Gasteiger partial charge in [0, 0.05) is 19.2 Å². The molecule has 0 heterocycles. The van der Waals surface area contributed by atoms with Crippen LogP contribution in [0.5, 0.6) is 5.75 Å². The Morgan fingerprint density at radius 1 is 1.44 bits per heavy atom. The van der Waals surface area contributed by atoms with Crippen LogP contribution in [0, 0.1) is 5.92 Å². The van der Waals surface area contributed by atoms with Crippen LogP contribution in [0.15, 0.2) is 18.2 Å². The Balaban J connectivity index is 2.02. The molecule has 0 radical (unpaired) electrons. The topological polar surface area (TPSA) is 40.5 Å². The highest BCUT2D eigenvalue weighted by Crippen LogP contribution is 2.27. The standard InChI is InChI=1S/C14H18ClNO2/c1-16(9-10-4-2-3-5-10)14(18)11-6-7-13(17)12(15)8-11/h6-8,10,17H,2-5,9H2,1H3. The van der Waals surface area contributed by atoms with Gasteiger partial charge in [-0.3, -0.25) is 4.79 Å². The third kappa shape index (κ3) is 2.96. The van der Waals surface area contributed by atoms with Crippen molar-refractivity contribution in [1.82, 2.24) is 4.90 Å². The number of carbonyl (C=O) groups is 1. The lowest BCUT2D eigenvalue weighted by atomic mass is 10.1. The first kappa shape index (κ1) is 13.2. The molecule has 1 aromatic carbocycles. The van der Waals surface area contributed by atoms with Gasteiger partial charge in [0.2, 0.25) is 0 Å². The highest BCUT2D eigenvalue weighted by Gasteiger charge is 2.20. The molecule has 0 spiro atoms. The molecule has 1 fully saturated rings. The Kier molecular flexibility index (Phi) is 4.12. The highest BCUT2D eigenvalue weighted by atomic mass is 35.5. The number of halogens is 1. The second kappa shape index (κ2) is 5.61. The van der Waals surface area contributed by atoms with Gasteiger partial charge in [0.15, 0.2) is 0 Å². The first-order valence-electron chi connectivity index (χ1n) is 6.32. The molecule has 1 aliphatic carbocycles. The van der Waals surface area contributed by atoms with Gasteiger partial charge < -0.3 is 10.0 Å². The van der Waals surface area contributed by atoms with Gasteiger partial charge in [0.1, 0.15) is 5.75 Å². The first-order valence-corrected chi connectivity index (χ1v) is 6.69. The van der Waals surface area contributed by atoms with E-state index in [0.717, 1.165) is 6.54 Å². The summed E-state index contributed by atoms with van der Waals surface area (Å²) in [6.07, 6.45) is 4.98. The maximum absolute atomic E-state index is 12.2. The van der Waals surface area contributed by atoms with E-state index in [1.54, 1.807) is 11.0 Å². The van der Waals surface area contributed by atoms with Crippen molar-refractivity contribution in [3.63, 3.8) is 0 Å².